The fourth-order valence-corrected chi connectivity index (χ4v) is 1.39. The fraction of sp³-hybridized carbons (Fsp3) is 0. The third kappa shape index (κ3) is 0.922. The average Bonchev–Trinajstić information content (AvgIpc) is 2.55. The molecular weight excluding hydrogens is 178 g/mol. The van der Waals surface area contributed by atoms with Crippen LogP contribution in [0.2, 0.25) is 0 Å². The molecule has 0 radical (unpaired) electrons. The number of hydrogen-bond donors (Lipinski definition) is 0. The molecule has 2 aromatic heterocycles. The summed E-state index contributed by atoms with van der Waals surface area (Å²) in [4.78, 5) is 20.4. The van der Waals surface area contributed by atoms with Gasteiger partial charge in [-0.25, -0.2) is 24.9 Å². The highest BCUT2D eigenvalue weighted by Gasteiger charge is 2.03. The largest absolute Gasteiger partial charge is 0.235 e. The summed E-state index contributed by atoms with van der Waals surface area (Å²) in [5, 5.41) is 0. The van der Waals surface area contributed by atoms with Crippen LogP contribution >= 0.6 is 0 Å². The highest BCUT2D eigenvalue weighted by atomic mass is 14.9. The predicted molar refractivity (Wildman–Crippen MR) is 50.4 cm³/mol. The van der Waals surface area contributed by atoms with Crippen LogP contribution in [0.4, 0.5) is 0 Å². The first-order valence-corrected chi connectivity index (χ1v) is 4.10. The molecule has 0 saturated heterocycles. The summed E-state index contributed by atoms with van der Waals surface area (Å²) in [6.45, 7) is 0. The lowest BCUT2D eigenvalue weighted by Crippen LogP contribution is -1.77. The van der Waals surface area contributed by atoms with Crippen molar-refractivity contribution >= 4 is 22.1 Å². The van der Waals surface area contributed by atoms with Gasteiger partial charge >= 0.3 is 0 Å². The van der Waals surface area contributed by atoms with Crippen molar-refractivity contribution in [3.8, 4) is 0 Å². The summed E-state index contributed by atoms with van der Waals surface area (Å²) in [5.41, 5.74) is 3.11. The summed E-state index contributed by atoms with van der Waals surface area (Å²) >= 11 is 0. The fourth-order valence-electron chi connectivity index (χ4n) is 1.39. The summed E-state index contributed by atoms with van der Waals surface area (Å²) in [6, 6.07) is 3.74. The molecule has 0 aliphatic rings. The van der Waals surface area contributed by atoms with Crippen molar-refractivity contribution in [3.63, 3.8) is 0 Å². The molecular formula is C9H5N5. The zero-order valence-corrected chi connectivity index (χ0v) is 7.12. The van der Waals surface area contributed by atoms with Crippen LogP contribution in [0.25, 0.3) is 22.1 Å². The summed E-state index contributed by atoms with van der Waals surface area (Å²) in [6.07, 6.45) is 4.45. The molecule has 0 bridgehead atoms. The van der Waals surface area contributed by atoms with Gasteiger partial charge in [0.1, 0.15) is 30.0 Å². The normalized spacial score (nSPS) is 10.9. The van der Waals surface area contributed by atoms with E-state index in [-0.39, 0.29) is 0 Å². The molecule has 0 fully saturated rings. The maximum Gasteiger partial charge on any atom is 0.118 e. The Kier molecular flexibility index (Phi) is 1.38. The van der Waals surface area contributed by atoms with E-state index < -0.39 is 0 Å². The molecule has 1 aromatic carbocycles. The van der Waals surface area contributed by atoms with Gasteiger partial charge < -0.3 is 0 Å². The number of fused-ring (bicyclic) bond motifs is 3. The smallest absolute Gasteiger partial charge is 0.118 e. The van der Waals surface area contributed by atoms with Crippen LogP contribution in [0.3, 0.4) is 0 Å². The van der Waals surface area contributed by atoms with Crippen molar-refractivity contribution in [2.75, 3.05) is 0 Å². The Morgan fingerprint density at radius 3 is 2.00 bits per heavy atom. The van der Waals surface area contributed by atoms with E-state index in [2.05, 4.69) is 24.9 Å². The van der Waals surface area contributed by atoms with Gasteiger partial charge in [0, 0.05) is 0 Å². The summed E-state index contributed by atoms with van der Waals surface area (Å²) in [7, 11) is 0. The van der Waals surface area contributed by atoms with Gasteiger partial charge in [0.15, 0.2) is 0 Å². The molecule has 2 heterocycles. The SMILES string of the molecule is c1ncnc2c(ccc3ncnc32)n1. The van der Waals surface area contributed by atoms with E-state index in [1.807, 2.05) is 12.1 Å². The molecule has 14 heavy (non-hydrogen) atoms. The molecule has 0 amide bonds. The summed E-state index contributed by atoms with van der Waals surface area (Å²) in [5.74, 6) is 0. The zero-order valence-electron chi connectivity index (χ0n) is 7.12. The maximum absolute atomic E-state index is 4.17. The first-order chi connectivity index (χ1) is 6.95. The Labute approximate surface area is 78.9 Å². The Morgan fingerprint density at radius 1 is 0.643 bits per heavy atom. The monoisotopic (exact) mass is 183 g/mol. The van der Waals surface area contributed by atoms with Gasteiger partial charge in [-0.15, -0.1) is 0 Å². The summed E-state index contributed by atoms with van der Waals surface area (Å²) < 4.78 is 0. The Morgan fingerprint density at radius 2 is 1.21 bits per heavy atom. The molecule has 66 valence electrons. The van der Waals surface area contributed by atoms with Crippen LogP contribution in [-0.2, 0) is 0 Å². The molecule has 3 aromatic rings. The van der Waals surface area contributed by atoms with Gasteiger partial charge in [0.05, 0.1) is 11.0 Å². The van der Waals surface area contributed by atoms with E-state index in [0.29, 0.717) is 0 Å². The van der Waals surface area contributed by atoms with Gasteiger partial charge in [0.2, 0.25) is 0 Å². The number of hydrogen-bond acceptors (Lipinski definition) is 5. The maximum atomic E-state index is 4.17. The number of nitrogens with zero attached hydrogens (tertiary/aromatic N) is 5. The molecule has 5 nitrogen and oxygen atoms in total. The van der Waals surface area contributed by atoms with Crippen molar-refractivity contribution in [1.82, 2.24) is 24.9 Å². The van der Waals surface area contributed by atoms with Crippen molar-refractivity contribution in [1.29, 1.82) is 0 Å². The second kappa shape index (κ2) is 2.66. The number of benzene rings is 1. The Bertz CT molecular complexity index is 607. The molecule has 0 spiro atoms. The van der Waals surface area contributed by atoms with Crippen molar-refractivity contribution < 1.29 is 0 Å². The number of aromatic nitrogens is 5. The first-order valence-electron chi connectivity index (χ1n) is 4.10. The standard InChI is InChI=1S/C9H5N5/c1-2-7-9(14-5-12-7)8-6(1)11-3-10-4-13-8/h1-5H. The van der Waals surface area contributed by atoms with E-state index >= 15 is 0 Å². The molecule has 0 N–H and O–H groups in total. The molecule has 0 unspecified atom stereocenters. The van der Waals surface area contributed by atoms with Gasteiger partial charge in [-0.2, -0.15) is 0 Å². The minimum Gasteiger partial charge on any atom is -0.235 e. The van der Waals surface area contributed by atoms with Gasteiger partial charge in [0.25, 0.3) is 0 Å². The number of imidazole rings is 1. The van der Waals surface area contributed by atoms with E-state index in [0.717, 1.165) is 22.1 Å². The van der Waals surface area contributed by atoms with Crippen LogP contribution in [-0.4, -0.2) is 24.9 Å². The molecule has 3 rings (SSSR count). The lowest BCUT2D eigenvalue weighted by molar-refractivity contribution is 1.20. The Balaban J connectivity index is 2.64. The average molecular weight is 183 g/mol. The minimum absolute atomic E-state index is 0.734. The Hall–Kier alpha value is -2.17. The van der Waals surface area contributed by atoms with Crippen LogP contribution in [0.5, 0.6) is 0 Å². The lowest BCUT2D eigenvalue weighted by Gasteiger charge is -1.89. The van der Waals surface area contributed by atoms with E-state index in [9.17, 15) is 0 Å². The molecule has 0 aliphatic carbocycles. The van der Waals surface area contributed by atoms with Crippen LogP contribution in [0, 0.1) is 0 Å². The molecule has 5 heteroatoms. The van der Waals surface area contributed by atoms with Crippen LogP contribution in [0.15, 0.2) is 31.1 Å². The second-order valence-electron chi connectivity index (χ2n) is 2.81. The zero-order chi connectivity index (χ0) is 9.38. The quantitative estimate of drug-likeness (QED) is 0.519. The third-order valence-electron chi connectivity index (χ3n) is 2.01. The second-order valence-corrected chi connectivity index (χ2v) is 2.81. The lowest BCUT2D eigenvalue weighted by atomic mass is 10.2. The molecule has 0 aliphatic heterocycles. The predicted octanol–water partition coefficient (Wildman–Crippen LogP) is 0.968. The van der Waals surface area contributed by atoms with E-state index in [1.165, 1.54) is 19.0 Å². The van der Waals surface area contributed by atoms with Crippen molar-refractivity contribution in [2.45, 2.75) is 0 Å². The van der Waals surface area contributed by atoms with Gasteiger partial charge in [-0.3, -0.25) is 0 Å². The van der Waals surface area contributed by atoms with Crippen molar-refractivity contribution in [2.24, 2.45) is 0 Å². The third-order valence-corrected chi connectivity index (χ3v) is 2.01. The number of rotatable bonds is 0. The highest BCUT2D eigenvalue weighted by Crippen LogP contribution is 2.17. The molecule has 0 saturated carbocycles. The van der Waals surface area contributed by atoms with E-state index in [4.69, 9.17) is 0 Å². The molecule has 0 atom stereocenters. The van der Waals surface area contributed by atoms with Crippen LogP contribution < -0.4 is 0 Å². The highest BCUT2D eigenvalue weighted by molar-refractivity contribution is 5.99. The van der Waals surface area contributed by atoms with E-state index in [1.54, 1.807) is 0 Å². The van der Waals surface area contributed by atoms with Crippen LogP contribution in [0.1, 0.15) is 0 Å². The topological polar surface area (TPSA) is 64.5 Å². The first kappa shape index (κ1) is 7.25. The van der Waals surface area contributed by atoms with Gasteiger partial charge in [-0.05, 0) is 12.1 Å². The minimum atomic E-state index is 0.734. The van der Waals surface area contributed by atoms with Gasteiger partial charge in [-0.1, -0.05) is 0 Å². The van der Waals surface area contributed by atoms with Crippen molar-refractivity contribution in [3.05, 3.63) is 31.1 Å².